The van der Waals surface area contributed by atoms with E-state index in [9.17, 15) is 8.78 Å². The second-order valence-electron chi connectivity index (χ2n) is 4.51. The van der Waals surface area contributed by atoms with Crippen LogP contribution in [0.2, 0.25) is 0 Å². The summed E-state index contributed by atoms with van der Waals surface area (Å²) in [5.74, 6) is -1.11. The largest absolute Gasteiger partial charge is 0.306 e. The van der Waals surface area contributed by atoms with Crippen LogP contribution < -0.4 is 5.32 Å². The molecular formula is C14H17F2N3. The first-order valence-electron chi connectivity index (χ1n) is 6.29. The zero-order valence-electron chi connectivity index (χ0n) is 11.0. The first-order valence-corrected chi connectivity index (χ1v) is 6.29. The number of hydrogen-bond acceptors (Lipinski definition) is 2. The Morgan fingerprint density at radius 1 is 1.26 bits per heavy atom. The fourth-order valence-electron chi connectivity index (χ4n) is 1.88. The summed E-state index contributed by atoms with van der Waals surface area (Å²) in [4.78, 5) is 0. The Morgan fingerprint density at radius 2 is 1.95 bits per heavy atom. The Labute approximate surface area is 111 Å². The Balaban J connectivity index is 1.97. The van der Waals surface area contributed by atoms with E-state index in [0.717, 1.165) is 18.2 Å². The van der Waals surface area contributed by atoms with E-state index in [-0.39, 0.29) is 6.04 Å². The second kappa shape index (κ2) is 5.93. The molecule has 0 saturated carbocycles. The number of aryl methyl sites for hydroxylation is 1. The summed E-state index contributed by atoms with van der Waals surface area (Å²) >= 11 is 0. The van der Waals surface area contributed by atoms with Crippen LogP contribution in [0, 0.1) is 11.6 Å². The summed E-state index contributed by atoms with van der Waals surface area (Å²) in [5.41, 5.74) is 1.64. The van der Waals surface area contributed by atoms with Crippen LogP contribution in [0.4, 0.5) is 8.78 Å². The highest BCUT2D eigenvalue weighted by Gasteiger charge is 2.08. The van der Waals surface area contributed by atoms with Gasteiger partial charge in [-0.15, -0.1) is 0 Å². The van der Waals surface area contributed by atoms with Crippen molar-refractivity contribution in [2.24, 2.45) is 0 Å². The molecule has 2 rings (SSSR count). The van der Waals surface area contributed by atoms with E-state index in [1.807, 2.05) is 24.7 Å². The molecule has 1 aromatic heterocycles. The zero-order chi connectivity index (χ0) is 13.8. The van der Waals surface area contributed by atoms with Crippen LogP contribution in [-0.2, 0) is 13.1 Å². The topological polar surface area (TPSA) is 29.9 Å². The van der Waals surface area contributed by atoms with E-state index >= 15 is 0 Å². The van der Waals surface area contributed by atoms with Gasteiger partial charge in [0.1, 0.15) is 11.6 Å². The summed E-state index contributed by atoms with van der Waals surface area (Å²) < 4.78 is 27.9. The summed E-state index contributed by atoms with van der Waals surface area (Å²) in [5, 5.41) is 7.42. The minimum Gasteiger partial charge on any atom is -0.306 e. The summed E-state index contributed by atoms with van der Waals surface area (Å²) in [6, 6.07) is 3.61. The van der Waals surface area contributed by atoms with Gasteiger partial charge < -0.3 is 5.32 Å². The molecule has 19 heavy (non-hydrogen) atoms. The van der Waals surface area contributed by atoms with Crippen molar-refractivity contribution in [1.29, 1.82) is 0 Å². The molecule has 0 aliphatic carbocycles. The Morgan fingerprint density at radius 3 is 2.53 bits per heavy atom. The molecule has 0 aliphatic rings. The molecule has 0 aliphatic heterocycles. The van der Waals surface area contributed by atoms with Gasteiger partial charge in [0.2, 0.25) is 0 Å². The normalized spacial score (nSPS) is 12.6. The van der Waals surface area contributed by atoms with Crippen molar-refractivity contribution in [3.05, 3.63) is 53.4 Å². The summed E-state index contributed by atoms with van der Waals surface area (Å²) in [6.07, 6.45) is 3.76. The molecule has 1 N–H and O–H groups in total. The van der Waals surface area contributed by atoms with E-state index in [1.165, 1.54) is 12.1 Å². The highest BCUT2D eigenvalue weighted by Crippen LogP contribution is 2.13. The van der Waals surface area contributed by atoms with Crippen molar-refractivity contribution in [2.45, 2.75) is 33.0 Å². The number of halogens is 2. The average Bonchev–Trinajstić information content (AvgIpc) is 2.83. The van der Waals surface area contributed by atoms with Gasteiger partial charge in [-0.25, -0.2) is 8.78 Å². The van der Waals surface area contributed by atoms with Crippen molar-refractivity contribution in [2.75, 3.05) is 0 Å². The molecule has 3 nitrogen and oxygen atoms in total. The molecule has 1 heterocycles. The maximum Gasteiger partial charge on any atom is 0.126 e. The third-order valence-corrected chi connectivity index (χ3v) is 3.01. The Hall–Kier alpha value is -1.75. The van der Waals surface area contributed by atoms with E-state index in [1.54, 1.807) is 6.20 Å². The quantitative estimate of drug-likeness (QED) is 0.900. The average molecular weight is 265 g/mol. The zero-order valence-corrected chi connectivity index (χ0v) is 11.0. The predicted molar refractivity (Wildman–Crippen MR) is 69.5 cm³/mol. The third kappa shape index (κ3) is 3.61. The molecule has 102 valence electrons. The second-order valence-corrected chi connectivity index (χ2v) is 4.51. The molecule has 0 bridgehead atoms. The van der Waals surface area contributed by atoms with E-state index < -0.39 is 11.6 Å². The Bertz CT molecular complexity index is 531. The predicted octanol–water partition coefficient (Wildman–Crippen LogP) is 3.03. The fraction of sp³-hybridized carbons (Fsp3) is 0.357. The molecule has 0 fully saturated rings. The minimum absolute atomic E-state index is 0.0756. The molecule has 5 heteroatoms. The first-order chi connectivity index (χ1) is 9.08. The maximum atomic E-state index is 13.0. The number of aromatic nitrogens is 2. The van der Waals surface area contributed by atoms with Crippen LogP contribution in [-0.4, -0.2) is 9.78 Å². The smallest absolute Gasteiger partial charge is 0.126 e. The molecular weight excluding hydrogens is 248 g/mol. The van der Waals surface area contributed by atoms with Gasteiger partial charge in [0.15, 0.2) is 0 Å². The first kappa shape index (κ1) is 13.7. The van der Waals surface area contributed by atoms with Crippen molar-refractivity contribution in [1.82, 2.24) is 15.1 Å². The number of nitrogens with one attached hydrogen (secondary N) is 1. The number of rotatable bonds is 5. The lowest BCUT2D eigenvalue weighted by atomic mass is 10.1. The molecule has 2 aromatic rings. The molecule has 1 aromatic carbocycles. The van der Waals surface area contributed by atoms with Crippen molar-refractivity contribution in [3.8, 4) is 0 Å². The van der Waals surface area contributed by atoms with Gasteiger partial charge in [-0.2, -0.15) is 5.10 Å². The van der Waals surface area contributed by atoms with Crippen LogP contribution in [0.25, 0.3) is 0 Å². The number of benzene rings is 1. The fourth-order valence-corrected chi connectivity index (χ4v) is 1.88. The van der Waals surface area contributed by atoms with Gasteiger partial charge in [0.25, 0.3) is 0 Å². The minimum atomic E-state index is -0.553. The maximum absolute atomic E-state index is 13.0. The van der Waals surface area contributed by atoms with Gasteiger partial charge in [0.05, 0.1) is 6.20 Å². The molecule has 1 atom stereocenters. The Kier molecular flexibility index (Phi) is 4.27. The van der Waals surface area contributed by atoms with E-state index in [0.29, 0.717) is 12.1 Å². The molecule has 1 unspecified atom stereocenters. The van der Waals surface area contributed by atoms with Crippen LogP contribution in [0.5, 0.6) is 0 Å². The van der Waals surface area contributed by atoms with Gasteiger partial charge in [-0.3, -0.25) is 4.68 Å². The lowest BCUT2D eigenvalue weighted by Crippen LogP contribution is -2.18. The lowest BCUT2D eigenvalue weighted by Gasteiger charge is -2.12. The van der Waals surface area contributed by atoms with Crippen LogP contribution in [0.1, 0.15) is 31.0 Å². The lowest BCUT2D eigenvalue weighted by molar-refractivity contribution is 0.553. The standard InChI is InChI=1S/C14H17F2N3/c1-3-19-9-12(8-18-19)10(2)17-7-11-4-13(15)6-14(16)5-11/h4-6,8-10,17H,3,7H2,1-2H3. The van der Waals surface area contributed by atoms with Crippen LogP contribution >= 0.6 is 0 Å². The van der Waals surface area contributed by atoms with Gasteiger partial charge in [0, 0.05) is 37.0 Å². The summed E-state index contributed by atoms with van der Waals surface area (Å²) in [6.45, 7) is 5.24. The molecule has 0 radical (unpaired) electrons. The molecule has 0 amide bonds. The summed E-state index contributed by atoms with van der Waals surface area (Å²) in [7, 11) is 0. The van der Waals surface area contributed by atoms with Crippen molar-refractivity contribution < 1.29 is 8.78 Å². The molecule has 0 spiro atoms. The third-order valence-electron chi connectivity index (χ3n) is 3.01. The molecule has 0 saturated heterocycles. The van der Waals surface area contributed by atoms with Crippen molar-refractivity contribution >= 4 is 0 Å². The van der Waals surface area contributed by atoms with Crippen LogP contribution in [0.3, 0.4) is 0 Å². The highest BCUT2D eigenvalue weighted by atomic mass is 19.1. The highest BCUT2D eigenvalue weighted by molar-refractivity contribution is 5.18. The van der Waals surface area contributed by atoms with Crippen LogP contribution in [0.15, 0.2) is 30.6 Å². The monoisotopic (exact) mass is 265 g/mol. The van der Waals surface area contributed by atoms with E-state index in [4.69, 9.17) is 0 Å². The van der Waals surface area contributed by atoms with Gasteiger partial charge in [-0.05, 0) is 31.5 Å². The number of nitrogens with zero attached hydrogens (tertiary/aromatic N) is 2. The van der Waals surface area contributed by atoms with Gasteiger partial charge in [-0.1, -0.05) is 0 Å². The van der Waals surface area contributed by atoms with Crippen molar-refractivity contribution in [3.63, 3.8) is 0 Å². The van der Waals surface area contributed by atoms with Gasteiger partial charge >= 0.3 is 0 Å². The number of hydrogen-bond donors (Lipinski definition) is 1. The van der Waals surface area contributed by atoms with E-state index in [2.05, 4.69) is 10.4 Å². The SMILES string of the molecule is CCn1cc(C(C)NCc2cc(F)cc(F)c2)cn1.